The predicted molar refractivity (Wildman–Crippen MR) is 92.6 cm³/mol. The first-order valence-corrected chi connectivity index (χ1v) is 7.76. The molecule has 0 bridgehead atoms. The second-order valence-corrected chi connectivity index (χ2v) is 5.77. The first-order valence-electron chi connectivity index (χ1n) is 7.76. The monoisotopic (exact) mass is 349 g/mol. The van der Waals surface area contributed by atoms with Gasteiger partial charge in [-0.25, -0.2) is 0 Å². The van der Waals surface area contributed by atoms with Gasteiger partial charge in [0.15, 0.2) is 23.0 Å². The quantitative estimate of drug-likeness (QED) is 0.899. The van der Waals surface area contributed by atoms with Crippen LogP contribution in [0.25, 0.3) is 0 Å². The molecule has 0 aromatic heterocycles. The Balaban J connectivity index is 0.00000169. The molecule has 0 atom stereocenters. The van der Waals surface area contributed by atoms with Crippen molar-refractivity contribution in [3.8, 4) is 23.0 Å². The molecule has 2 aromatic rings. The van der Waals surface area contributed by atoms with Crippen LogP contribution in [0.2, 0.25) is 0 Å². The van der Waals surface area contributed by atoms with Crippen LogP contribution in [0.3, 0.4) is 0 Å². The van der Waals surface area contributed by atoms with Gasteiger partial charge >= 0.3 is 0 Å². The summed E-state index contributed by atoms with van der Waals surface area (Å²) in [5.74, 6) is 3.32. The lowest BCUT2D eigenvalue weighted by molar-refractivity contribution is 0.173. The molecule has 1 N–H and O–H groups in total. The average molecular weight is 350 g/mol. The standard InChI is InChI=1S/C18H19NO4.ClH/c1-19-14(6-12-2-4-15-17(8-12)22-10-20-15)7-13-3-5-16-18(9-13)23-11-21-16;/h2-5,8-9,14,19H,6-7,10-11H2,1H3;1H. The zero-order chi connectivity index (χ0) is 15.6. The Kier molecular flexibility index (Phi) is 5.02. The van der Waals surface area contributed by atoms with E-state index < -0.39 is 0 Å². The Labute approximate surface area is 147 Å². The van der Waals surface area contributed by atoms with Crippen LogP contribution in [0, 0.1) is 0 Å². The molecule has 128 valence electrons. The van der Waals surface area contributed by atoms with Crippen LogP contribution in [0.15, 0.2) is 36.4 Å². The highest BCUT2D eigenvalue weighted by Gasteiger charge is 2.17. The Morgan fingerprint density at radius 1 is 0.792 bits per heavy atom. The molecule has 0 aliphatic carbocycles. The summed E-state index contributed by atoms with van der Waals surface area (Å²) in [5, 5.41) is 3.39. The fourth-order valence-corrected chi connectivity index (χ4v) is 2.98. The van der Waals surface area contributed by atoms with Gasteiger partial charge < -0.3 is 24.3 Å². The second-order valence-electron chi connectivity index (χ2n) is 5.77. The van der Waals surface area contributed by atoms with Crippen molar-refractivity contribution in [2.24, 2.45) is 0 Å². The SMILES string of the molecule is CNC(Cc1ccc2c(c1)OCO2)Cc1ccc2c(c1)OCO2.Cl. The number of ether oxygens (including phenoxy) is 4. The van der Waals surface area contributed by atoms with E-state index in [9.17, 15) is 0 Å². The van der Waals surface area contributed by atoms with E-state index >= 15 is 0 Å². The molecule has 0 unspecified atom stereocenters. The second kappa shape index (κ2) is 7.20. The molecule has 0 fully saturated rings. The van der Waals surface area contributed by atoms with E-state index in [2.05, 4.69) is 29.6 Å². The molecule has 0 amide bonds. The van der Waals surface area contributed by atoms with Gasteiger partial charge in [-0.15, -0.1) is 12.4 Å². The van der Waals surface area contributed by atoms with E-state index in [-0.39, 0.29) is 12.4 Å². The fraction of sp³-hybridized carbons (Fsp3) is 0.333. The van der Waals surface area contributed by atoms with E-state index in [1.807, 2.05) is 19.2 Å². The highest BCUT2D eigenvalue weighted by Crippen LogP contribution is 2.34. The zero-order valence-corrected chi connectivity index (χ0v) is 14.2. The van der Waals surface area contributed by atoms with Gasteiger partial charge in [0.25, 0.3) is 0 Å². The van der Waals surface area contributed by atoms with Gasteiger partial charge in [-0.1, -0.05) is 12.1 Å². The van der Waals surface area contributed by atoms with E-state index in [0.717, 1.165) is 35.8 Å². The summed E-state index contributed by atoms with van der Waals surface area (Å²) < 4.78 is 21.6. The normalized spacial score (nSPS) is 13.9. The average Bonchev–Trinajstić information content (AvgIpc) is 3.22. The molecule has 6 heteroatoms. The van der Waals surface area contributed by atoms with Gasteiger partial charge in [0.1, 0.15) is 0 Å². The minimum Gasteiger partial charge on any atom is -0.454 e. The lowest BCUT2D eigenvalue weighted by Gasteiger charge is -2.17. The third-order valence-corrected chi connectivity index (χ3v) is 4.25. The van der Waals surface area contributed by atoms with Crippen LogP contribution in [0.5, 0.6) is 23.0 Å². The molecule has 0 radical (unpaired) electrons. The zero-order valence-electron chi connectivity index (χ0n) is 13.4. The Bertz CT molecular complexity index is 663. The largest absolute Gasteiger partial charge is 0.454 e. The molecule has 2 aliphatic rings. The van der Waals surface area contributed by atoms with Crippen molar-refractivity contribution < 1.29 is 18.9 Å². The van der Waals surface area contributed by atoms with Gasteiger partial charge in [-0.2, -0.15) is 0 Å². The molecule has 0 saturated carbocycles. The summed E-state index contributed by atoms with van der Waals surface area (Å²) in [4.78, 5) is 0. The van der Waals surface area contributed by atoms with Crippen molar-refractivity contribution in [1.29, 1.82) is 0 Å². The summed E-state index contributed by atoms with van der Waals surface area (Å²) in [5.41, 5.74) is 2.46. The molecule has 0 saturated heterocycles. The first-order chi connectivity index (χ1) is 11.3. The van der Waals surface area contributed by atoms with Crippen LogP contribution in [0.1, 0.15) is 11.1 Å². The molecular formula is C18H20ClNO4. The summed E-state index contributed by atoms with van der Waals surface area (Å²) >= 11 is 0. The van der Waals surface area contributed by atoms with E-state index in [1.165, 1.54) is 11.1 Å². The maximum Gasteiger partial charge on any atom is 0.231 e. The van der Waals surface area contributed by atoms with Crippen molar-refractivity contribution in [3.05, 3.63) is 47.5 Å². The number of hydrogen-bond acceptors (Lipinski definition) is 5. The number of likely N-dealkylation sites (N-methyl/N-ethyl adjacent to an activating group) is 1. The summed E-state index contributed by atoms with van der Waals surface area (Å²) in [7, 11) is 1.99. The van der Waals surface area contributed by atoms with Crippen molar-refractivity contribution in [3.63, 3.8) is 0 Å². The van der Waals surface area contributed by atoms with E-state index in [0.29, 0.717) is 19.6 Å². The molecule has 24 heavy (non-hydrogen) atoms. The van der Waals surface area contributed by atoms with Crippen molar-refractivity contribution in [1.82, 2.24) is 5.32 Å². The lowest BCUT2D eigenvalue weighted by atomic mass is 9.98. The Morgan fingerprint density at radius 3 is 1.71 bits per heavy atom. The highest BCUT2D eigenvalue weighted by molar-refractivity contribution is 5.85. The maximum absolute atomic E-state index is 5.45. The molecule has 5 nitrogen and oxygen atoms in total. The van der Waals surface area contributed by atoms with Gasteiger partial charge in [0, 0.05) is 6.04 Å². The lowest BCUT2D eigenvalue weighted by Crippen LogP contribution is -2.29. The molecule has 4 rings (SSSR count). The van der Waals surface area contributed by atoms with Crippen molar-refractivity contribution in [2.45, 2.75) is 18.9 Å². The number of benzene rings is 2. The summed E-state index contributed by atoms with van der Waals surface area (Å²) in [6.45, 7) is 0.622. The number of hydrogen-bond donors (Lipinski definition) is 1. The first kappa shape index (κ1) is 16.7. The fourth-order valence-electron chi connectivity index (χ4n) is 2.98. The van der Waals surface area contributed by atoms with Gasteiger partial charge in [-0.3, -0.25) is 0 Å². The van der Waals surface area contributed by atoms with Gasteiger partial charge in [0.05, 0.1) is 0 Å². The van der Waals surface area contributed by atoms with E-state index in [4.69, 9.17) is 18.9 Å². The van der Waals surface area contributed by atoms with Crippen LogP contribution >= 0.6 is 12.4 Å². The molecule has 2 aliphatic heterocycles. The summed E-state index contributed by atoms with van der Waals surface area (Å²) in [6, 6.07) is 12.6. The highest BCUT2D eigenvalue weighted by atomic mass is 35.5. The molecule has 2 heterocycles. The number of halogens is 1. The smallest absolute Gasteiger partial charge is 0.231 e. The third-order valence-electron chi connectivity index (χ3n) is 4.25. The van der Waals surface area contributed by atoms with Crippen LogP contribution in [-0.4, -0.2) is 26.7 Å². The third kappa shape index (κ3) is 3.37. The number of nitrogens with one attached hydrogen (secondary N) is 1. The maximum atomic E-state index is 5.45. The summed E-state index contributed by atoms with van der Waals surface area (Å²) in [6.07, 6.45) is 1.84. The topological polar surface area (TPSA) is 49.0 Å². The molecular weight excluding hydrogens is 330 g/mol. The van der Waals surface area contributed by atoms with Crippen molar-refractivity contribution in [2.75, 3.05) is 20.6 Å². The minimum absolute atomic E-state index is 0. The van der Waals surface area contributed by atoms with Crippen LogP contribution in [-0.2, 0) is 12.8 Å². The molecule has 2 aromatic carbocycles. The minimum atomic E-state index is 0. The number of fused-ring (bicyclic) bond motifs is 2. The van der Waals surface area contributed by atoms with Gasteiger partial charge in [0.2, 0.25) is 13.6 Å². The Morgan fingerprint density at radius 2 is 1.25 bits per heavy atom. The van der Waals surface area contributed by atoms with Crippen LogP contribution < -0.4 is 24.3 Å². The Hall–Kier alpha value is -2.11. The van der Waals surface area contributed by atoms with Crippen LogP contribution in [0.4, 0.5) is 0 Å². The number of rotatable bonds is 5. The van der Waals surface area contributed by atoms with E-state index in [1.54, 1.807) is 0 Å². The molecule has 0 spiro atoms. The predicted octanol–water partition coefficient (Wildman–Crippen LogP) is 2.94. The van der Waals surface area contributed by atoms with Crippen molar-refractivity contribution >= 4 is 12.4 Å². The van der Waals surface area contributed by atoms with Gasteiger partial charge in [-0.05, 0) is 55.3 Å².